The third kappa shape index (κ3) is 5.72. The number of piperidine rings is 1. The summed E-state index contributed by atoms with van der Waals surface area (Å²) in [6.45, 7) is 5.61. The van der Waals surface area contributed by atoms with Crippen LogP contribution in [0, 0.1) is 0 Å². The zero-order chi connectivity index (χ0) is 14.9. The molecule has 1 heterocycles. The highest BCUT2D eigenvalue weighted by Crippen LogP contribution is 2.09. The van der Waals surface area contributed by atoms with E-state index >= 15 is 0 Å². The van der Waals surface area contributed by atoms with Gasteiger partial charge in [0, 0.05) is 32.6 Å². The number of likely N-dealkylation sites (tertiary alicyclic amines) is 1. The van der Waals surface area contributed by atoms with Crippen LogP contribution in [0.25, 0.3) is 6.08 Å². The number of carbonyl (C=O) groups is 1. The van der Waals surface area contributed by atoms with Crippen LogP contribution in [0.2, 0.25) is 0 Å². The zero-order valence-electron chi connectivity index (χ0n) is 13.0. The summed E-state index contributed by atoms with van der Waals surface area (Å²) in [5.41, 5.74) is 2.51. The number of hydrogen-bond donors (Lipinski definition) is 1. The predicted octanol–water partition coefficient (Wildman–Crippen LogP) is 3.08. The van der Waals surface area contributed by atoms with Crippen molar-refractivity contribution in [3.8, 4) is 0 Å². The van der Waals surface area contributed by atoms with Crippen molar-refractivity contribution in [2.24, 2.45) is 0 Å². The Kier molecular flexibility index (Phi) is 6.48. The van der Waals surface area contributed by atoms with E-state index in [4.69, 9.17) is 0 Å². The van der Waals surface area contributed by atoms with Gasteiger partial charge in [0.05, 0.1) is 0 Å². The fourth-order valence-electron chi connectivity index (χ4n) is 2.67. The van der Waals surface area contributed by atoms with Crippen molar-refractivity contribution in [3.63, 3.8) is 0 Å². The fourth-order valence-corrected chi connectivity index (χ4v) is 2.67. The van der Waals surface area contributed by atoms with Gasteiger partial charge < -0.3 is 10.2 Å². The summed E-state index contributed by atoms with van der Waals surface area (Å²) in [6, 6.07) is 10.3. The summed E-state index contributed by atoms with van der Waals surface area (Å²) in [6.07, 6.45) is 6.39. The second kappa shape index (κ2) is 8.63. The summed E-state index contributed by atoms with van der Waals surface area (Å²) in [5, 5.41) is 3.36. The van der Waals surface area contributed by atoms with Crippen LogP contribution >= 0.6 is 0 Å². The van der Waals surface area contributed by atoms with Gasteiger partial charge in [0.2, 0.25) is 5.91 Å². The van der Waals surface area contributed by atoms with E-state index in [1.807, 2.05) is 23.1 Å². The van der Waals surface area contributed by atoms with E-state index < -0.39 is 0 Å². The molecule has 1 N–H and O–H groups in total. The second-order valence-electron chi connectivity index (χ2n) is 5.77. The van der Waals surface area contributed by atoms with Gasteiger partial charge in [-0.2, -0.15) is 0 Å². The van der Waals surface area contributed by atoms with Gasteiger partial charge in [0.15, 0.2) is 0 Å². The third-order valence-corrected chi connectivity index (χ3v) is 3.84. The van der Waals surface area contributed by atoms with Gasteiger partial charge in [-0.25, -0.2) is 0 Å². The molecule has 1 amide bonds. The molecule has 0 saturated carbocycles. The van der Waals surface area contributed by atoms with Gasteiger partial charge in [-0.1, -0.05) is 42.0 Å². The Morgan fingerprint density at radius 1 is 1.19 bits per heavy atom. The molecule has 0 spiro atoms. The minimum absolute atomic E-state index is 0.298. The summed E-state index contributed by atoms with van der Waals surface area (Å²) in [7, 11) is 0. The maximum atomic E-state index is 12.0. The van der Waals surface area contributed by atoms with Crippen molar-refractivity contribution in [2.45, 2.75) is 32.6 Å². The van der Waals surface area contributed by atoms with E-state index in [9.17, 15) is 4.79 Å². The van der Waals surface area contributed by atoms with Crippen LogP contribution in [-0.4, -0.2) is 37.0 Å². The first-order valence-corrected chi connectivity index (χ1v) is 7.96. The smallest absolute Gasteiger partial charge is 0.223 e. The van der Waals surface area contributed by atoms with Crippen molar-refractivity contribution < 1.29 is 4.79 Å². The quantitative estimate of drug-likeness (QED) is 0.815. The Morgan fingerprint density at radius 3 is 2.62 bits per heavy atom. The number of carbonyl (C=O) groups excluding carboxylic acids is 1. The van der Waals surface area contributed by atoms with Crippen LogP contribution in [0.3, 0.4) is 0 Å². The van der Waals surface area contributed by atoms with Crippen LogP contribution in [0.15, 0.2) is 35.9 Å². The molecule has 0 atom stereocenters. The lowest BCUT2D eigenvalue weighted by Gasteiger charge is -2.26. The van der Waals surface area contributed by atoms with Crippen molar-refractivity contribution in [2.75, 3.05) is 26.2 Å². The first kappa shape index (κ1) is 15.8. The molecule has 1 aromatic carbocycles. The molecule has 3 nitrogen and oxygen atoms in total. The number of nitrogens with zero attached hydrogens (tertiary/aromatic N) is 1. The van der Waals surface area contributed by atoms with Gasteiger partial charge in [-0.05, 0) is 31.7 Å². The Labute approximate surface area is 128 Å². The predicted molar refractivity (Wildman–Crippen MR) is 88.0 cm³/mol. The van der Waals surface area contributed by atoms with Gasteiger partial charge >= 0.3 is 0 Å². The Balaban J connectivity index is 1.65. The molecule has 21 heavy (non-hydrogen) atoms. The van der Waals surface area contributed by atoms with E-state index in [0.717, 1.165) is 39.0 Å². The van der Waals surface area contributed by atoms with E-state index in [-0.39, 0.29) is 0 Å². The number of benzene rings is 1. The molecule has 0 aliphatic carbocycles. The molecular weight excluding hydrogens is 260 g/mol. The molecule has 1 saturated heterocycles. The first-order chi connectivity index (χ1) is 10.3. The monoisotopic (exact) mass is 286 g/mol. The highest BCUT2D eigenvalue weighted by Gasteiger charge is 2.15. The lowest BCUT2D eigenvalue weighted by Crippen LogP contribution is -2.37. The van der Waals surface area contributed by atoms with Gasteiger partial charge in [-0.3, -0.25) is 4.79 Å². The molecule has 1 aliphatic rings. The summed E-state index contributed by atoms with van der Waals surface area (Å²) in [4.78, 5) is 14.0. The van der Waals surface area contributed by atoms with Crippen LogP contribution in [-0.2, 0) is 4.79 Å². The lowest BCUT2D eigenvalue weighted by molar-refractivity contribution is -0.131. The minimum atomic E-state index is 0.298. The Morgan fingerprint density at radius 2 is 1.90 bits per heavy atom. The van der Waals surface area contributed by atoms with Crippen LogP contribution in [0.5, 0.6) is 0 Å². The SMILES string of the molecule is C/C(=C/c1ccccc1)CNCCC(=O)N1CCCCC1. The van der Waals surface area contributed by atoms with Crippen LogP contribution < -0.4 is 5.32 Å². The molecule has 0 unspecified atom stereocenters. The molecule has 0 bridgehead atoms. The topological polar surface area (TPSA) is 32.3 Å². The van der Waals surface area contributed by atoms with Gasteiger partial charge in [0.1, 0.15) is 0 Å². The van der Waals surface area contributed by atoms with E-state index in [1.54, 1.807) is 0 Å². The average Bonchev–Trinajstić information content (AvgIpc) is 2.53. The van der Waals surface area contributed by atoms with Crippen molar-refractivity contribution in [1.29, 1.82) is 0 Å². The van der Waals surface area contributed by atoms with Gasteiger partial charge in [-0.15, -0.1) is 0 Å². The Bertz CT molecular complexity index is 461. The van der Waals surface area contributed by atoms with Crippen LogP contribution in [0.1, 0.15) is 38.2 Å². The Hall–Kier alpha value is -1.61. The van der Waals surface area contributed by atoms with E-state index in [0.29, 0.717) is 12.3 Å². The van der Waals surface area contributed by atoms with Crippen LogP contribution in [0.4, 0.5) is 0 Å². The maximum absolute atomic E-state index is 12.0. The largest absolute Gasteiger partial charge is 0.343 e. The molecule has 1 aromatic rings. The molecule has 2 rings (SSSR count). The molecular formula is C18H26N2O. The molecule has 1 aliphatic heterocycles. The minimum Gasteiger partial charge on any atom is -0.343 e. The standard InChI is InChI=1S/C18H26N2O/c1-16(14-17-8-4-2-5-9-17)15-19-11-10-18(21)20-12-6-3-7-13-20/h2,4-5,8-9,14,19H,3,6-7,10-13,15H2,1H3/b16-14-. The normalized spacial score (nSPS) is 16.0. The maximum Gasteiger partial charge on any atom is 0.223 e. The molecule has 114 valence electrons. The molecule has 0 radical (unpaired) electrons. The number of hydrogen-bond acceptors (Lipinski definition) is 2. The number of nitrogens with one attached hydrogen (secondary N) is 1. The fraction of sp³-hybridized carbons (Fsp3) is 0.500. The first-order valence-electron chi connectivity index (χ1n) is 7.96. The summed E-state index contributed by atoms with van der Waals surface area (Å²) < 4.78 is 0. The summed E-state index contributed by atoms with van der Waals surface area (Å²) in [5.74, 6) is 0.298. The van der Waals surface area contributed by atoms with E-state index in [1.165, 1.54) is 17.6 Å². The molecule has 0 aromatic heterocycles. The highest BCUT2D eigenvalue weighted by molar-refractivity contribution is 5.76. The van der Waals surface area contributed by atoms with Gasteiger partial charge in [0.25, 0.3) is 0 Å². The van der Waals surface area contributed by atoms with Crippen molar-refractivity contribution >= 4 is 12.0 Å². The number of rotatable bonds is 6. The third-order valence-electron chi connectivity index (χ3n) is 3.84. The molecule has 1 fully saturated rings. The average molecular weight is 286 g/mol. The van der Waals surface area contributed by atoms with Crippen molar-refractivity contribution in [3.05, 3.63) is 41.5 Å². The second-order valence-corrected chi connectivity index (χ2v) is 5.77. The summed E-state index contributed by atoms with van der Waals surface area (Å²) >= 11 is 0. The highest BCUT2D eigenvalue weighted by atomic mass is 16.2. The molecule has 3 heteroatoms. The lowest BCUT2D eigenvalue weighted by atomic mass is 10.1. The number of amides is 1. The van der Waals surface area contributed by atoms with E-state index in [2.05, 4.69) is 30.4 Å². The van der Waals surface area contributed by atoms with Crippen molar-refractivity contribution in [1.82, 2.24) is 10.2 Å². The zero-order valence-corrected chi connectivity index (χ0v) is 13.0.